The molecule has 7 heteroatoms. The van der Waals surface area contributed by atoms with Crippen molar-refractivity contribution in [2.75, 3.05) is 5.32 Å². The summed E-state index contributed by atoms with van der Waals surface area (Å²) in [4.78, 5) is 22.2. The predicted octanol–water partition coefficient (Wildman–Crippen LogP) is 4.26. The molecule has 0 saturated heterocycles. The lowest BCUT2D eigenvalue weighted by atomic mass is 10.2. The molecule has 0 heterocycles. The van der Waals surface area contributed by atoms with E-state index in [1.165, 1.54) is 18.2 Å². The average Bonchev–Trinajstić information content (AvgIpc) is 2.40. The molecule has 0 aliphatic rings. The lowest BCUT2D eigenvalue weighted by molar-refractivity contribution is -0.384. The standard InChI is InChI=1S/C13H8BrClN2O3/c14-11-3-1-2-4-12(11)16-13(18)8-5-9(15)7-10(6-8)17(19)20/h1-7H,(H,16,18). The zero-order valence-electron chi connectivity index (χ0n) is 9.97. The third-order valence-electron chi connectivity index (χ3n) is 2.48. The third-order valence-corrected chi connectivity index (χ3v) is 3.39. The highest BCUT2D eigenvalue weighted by Gasteiger charge is 2.14. The molecule has 20 heavy (non-hydrogen) atoms. The number of nitro groups is 1. The molecule has 0 saturated carbocycles. The predicted molar refractivity (Wildman–Crippen MR) is 80.2 cm³/mol. The number of nitrogens with zero attached hydrogens (tertiary/aromatic N) is 1. The molecule has 2 aromatic carbocycles. The fourth-order valence-corrected chi connectivity index (χ4v) is 2.18. The van der Waals surface area contributed by atoms with Crippen LogP contribution in [0, 0.1) is 10.1 Å². The maximum absolute atomic E-state index is 12.1. The molecule has 0 aromatic heterocycles. The number of carbonyl (C=O) groups is 1. The van der Waals surface area contributed by atoms with Crippen LogP contribution in [-0.2, 0) is 0 Å². The van der Waals surface area contributed by atoms with Crippen LogP contribution in [0.15, 0.2) is 46.9 Å². The smallest absolute Gasteiger partial charge is 0.271 e. The van der Waals surface area contributed by atoms with Crippen LogP contribution in [0.5, 0.6) is 0 Å². The van der Waals surface area contributed by atoms with Crippen molar-refractivity contribution in [3.8, 4) is 0 Å². The summed E-state index contributed by atoms with van der Waals surface area (Å²) in [5.74, 6) is -0.470. The van der Waals surface area contributed by atoms with E-state index in [0.717, 1.165) is 0 Å². The number of nitrogens with one attached hydrogen (secondary N) is 1. The van der Waals surface area contributed by atoms with Crippen molar-refractivity contribution in [2.24, 2.45) is 0 Å². The molecule has 0 aliphatic carbocycles. The maximum atomic E-state index is 12.1. The number of hydrogen-bond donors (Lipinski definition) is 1. The van der Waals surface area contributed by atoms with Gasteiger partial charge >= 0.3 is 0 Å². The molecule has 0 bridgehead atoms. The summed E-state index contributed by atoms with van der Waals surface area (Å²) in [6.07, 6.45) is 0. The van der Waals surface area contributed by atoms with Gasteiger partial charge in [0.15, 0.2) is 0 Å². The molecule has 0 spiro atoms. The highest BCUT2D eigenvalue weighted by Crippen LogP contribution is 2.24. The van der Waals surface area contributed by atoms with Gasteiger partial charge in [0, 0.05) is 27.2 Å². The first-order valence-corrected chi connectivity index (χ1v) is 6.65. The van der Waals surface area contributed by atoms with Crippen molar-refractivity contribution in [2.45, 2.75) is 0 Å². The van der Waals surface area contributed by atoms with E-state index >= 15 is 0 Å². The zero-order chi connectivity index (χ0) is 14.7. The van der Waals surface area contributed by atoms with E-state index in [4.69, 9.17) is 11.6 Å². The summed E-state index contributed by atoms with van der Waals surface area (Å²) in [6, 6.07) is 10.8. The number of non-ortho nitro benzene ring substituents is 1. The summed E-state index contributed by atoms with van der Waals surface area (Å²) in [7, 11) is 0. The first kappa shape index (κ1) is 14.5. The van der Waals surface area contributed by atoms with Crippen LogP contribution < -0.4 is 5.32 Å². The van der Waals surface area contributed by atoms with E-state index in [0.29, 0.717) is 10.2 Å². The van der Waals surface area contributed by atoms with Gasteiger partial charge < -0.3 is 5.32 Å². The molecule has 2 rings (SSSR count). The van der Waals surface area contributed by atoms with Gasteiger partial charge in [-0.25, -0.2) is 0 Å². The van der Waals surface area contributed by atoms with Crippen LogP contribution in [0.3, 0.4) is 0 Å². The van der Waals surface area contributed by atoms with Crippen LogP contribution >= 0.6 is 27.5 Å². The Balaban J connectivity index is 2.30. The fraction of sp³-hybridized carbons (Fsp3) is 0. The summed E-state index contributed by atoms with van der Waals surface area (Å²) < 4.78 is 0.713. The molecule has 1 N–H and O–H groups in total. The lowest BCUT2D eigenvalue weighted by Gasteiger charge is -2.07. The molecule has 0 fully saturated rings. The number of carbonyl (C=O) groups excluding carboxylic acids is 1. The topological polar surface area (TPSA) is 72.2 Å². The highest BCUT2D eigenvalue weighted by atomic mass is 79.9. The van der Waals surface area contributed by atoms with E-state index in [2.05, 4.69) is 21.2 Å². The highest BCUT2D eigenvalue weighted by molar-refractivity contribution is 9.10. The maximum Gasteiger partial charge on any atom is 0.271 e. The molecule has 0 unspecified atom stereocenters. The lowest BCUT2D eigenvalue weighted by Crippen LogP contribution is -2.12. The number of amides is 1. The Morgan fingerprint density at radius 1 is 1.25 bits per heavy atom. The SMILES string of the molecule is O=C(Nc1ccccc1Br)c1cc(Cl)cc([N+](=O)[O-])c1. The number of anilines is 1. The van der Waals surface area contributed by atoms with Crippen molar-refractivity contribution in [1.29, 1.82) is 0 Å². The van der Waals surface area contributed by atoms with Crippen LogP contribution in [0.2, 0.25) is 5.02 Å². The molecule has 102 valence electrons. The number of hydrogen-bond acceptors (Lipinski definition) is 3. The minimum Gasteiger partial charge on any atom is -0.321 e. The van der Waals surface area contributed by atoms with E-state index in [9.17, 15) is 14.9 Å². The quantitative estimate of drug-likeness (QED) is 0.660. The molecule has 2 aromatic rings. The van der Waals surface area contributed by atoms with Gasteiger partial charge in [-0.3, -0.25) is 14.9 Å². The van der Waals surface area contributed by atoms with Crippen molar-refractivity contribution >= 4 is 44.8 Å². The average molecular weight is 356 g/mol. The first-order valence-electron chi connectivity index (χ1n) is 5.48. The molecule has 0 aliphatic heterocycles. The van der Waals surface area contributed by atoms with E-state index in [1.807, 2.05) is 6.07 Å². The largest absolute Gasteiger partial charge is 0.321 e. The summed E-state index contributed by atoms with van der Waals surface area (Å²) in [5.41, 5.74) is 0.467. The van der Waals surface area contributed by atoms with Gasteiger partial charge in [0.1, 0.15) is 0 Å². The molecular formula is C13H8BrClN2O3. The molecule has 1 amide bonds. The first-order chi connectivity index (χ1) is 9.47. The summed E-state index contributed by atoms with van der Waals surface area (Å²) >= 11 is 9.08. The number of benzene rings is 2. The molecule has 0 atom stereocenters. The monoisotopic (exact) mass is 354 g/mol. The summed E-state index contributed by atoms with van der Waals surface area (Å²) in [6.45, 7) is 0. The van der Waals surface area contributed by atoms with Crippen molar-refractivity contribution in [1.82, 2.24) is 0 Å². The van der Waals surface area contributed by atoms with Crippen LogP contribution in [-0.4, -0.2) is 10.8 Å². The number of nitro benzene ring substituents is 1. The fourth-order valence-electron chi connectivity index (χ4n) is 1.57. The number of rotatable bonds is 3. The normalized spacial score (nSPS) is 10.1. The van der Waals surface area contributed by atoms with E-state index in [-0.39, 0.29) is 16.3 Å². The van der Waals surface area contributed by atoms with Gasteiger partial charge in [0.2, 0.25) is 0 Å². The van der Waals surface area contributed by atoms with Crippen molar-refractivity contribution in [3.63, 3.8) is 0 Å². The Morgan fingerprint density at radius 3 is 2.60 bits per heavy atom. The Labute approximate surface area is 127 Å². The van der Waals surface area contributed by atoms with Crippen LogP contribution in [0.4, 0.5) is 11.4 Å². The zero-order valence-corrected chi connectivity index (χ0v) is 12.3. The van der Waals surface area contributed by atoms with E-state index < -0.39 is 10.8 Å². The Hall–Kier alpha value is -1.92. The van der Waals surface area contributed by atoms with Gasteiger partial charge in [-0.15, -0.1) is 0 Å². The van der Waals surface area contributed by atoms with Crippen molar-refractivity contribution < 1.29 is 9.72 Å². The summed E-state index contributed by atoms with van der Waals surface area (Å²) in [5, 5.41) is 13.5. The molecular weight excluding hydrogens is 348 g/mol. The van der Waals surface area contributed by atoms with Crippen LogP contribution in [0.1, 0.15) is 10.4 Å². The van der Waals surface area contributed by atoms with Gasteiger partial charge in [-0.05, 0) is 34.1 Å². The van der Waals surface area contributed by atoms with Gasteiger partial charge in [-0.1, -0.05) is 23.7 Å². The van der Waals surface area contributed by atoms with E-state index in [1.54, 1.807) is 18.2 Å². The molecule has 5 nitrogen and oxygen atoms in total. The number of para-hydroxylation sites is 1. The third kappa shape index (κ3) is 3.34. The van der Waals surface area contributed by atoms with Gasteiger partial charge in [0.05, 0.1) is 10.6 Å². The van der Waals surface area contributed by atoms with Gasteiger partial charge in [0.25, 0.3) is 11.6 Å². The molecule has 0 radical (unpaired) electrons. The second-order valence-electron chi connectivity index (χ2n) is 3.89. The van der Waals surface area contributed by atoms with Crippen molar-refractivity contribution in [3.05, 3.63) is 67.6 Å². The Morgan fingerprint density at radius 2 is 1.95 bits per heavy atom. The minimum atomic E-state index is -0.596. The van der Waals surface area contributed by atoms with Crippen LogP contribution in [0.25, 0.3) is 0 Å². The Kier molecular flexibility index (Phi) is 4.36. The second kappa shape index (κ2) is 6.02. The van der Waals surface area contributed by atoms with Gasteiger partial charge in [-0.2, -0.15) is 0 Å². The minimum absolute atomic E-state index is 0.125. The number of halogens is 2. The second-order valence-corrected chi connectivity index (χ2v) is 5.18. The Bertz CT molecular complexity index is 691.